The van der Waals surface area contributed by atoms with Crippen LogP contribution in [0, 0.1) is 5.82 Å². The normalized spacial score (nSPS) is 15.1. The van der Waals surface area contributed by atoms with E-state index < -0.39 is 5.97 Å². The standard InChI is InChI=1S/C32H37FO4/c1-3-23(19-32(34)35)25-11-8-12-27(18-25)37-21-22-13-15-28(30-20-26(36-2)14-16-31(30)33)29(17-22)24-9-6-4-5-7-10-24/h8,11-18,20,23-24H,3-7,9-10,19,21H2,1-2H3,(H,34,35)/t23-/m1/s1. The summed E-state index contributed by atoms with van der Waals surface area (Å²) in [5.41, 5.74) is 4.69. The molecule has 0 aromatic heterocycles. The van der Waals surface area contributed by atoms with Crippen LogP contribution in [0.4, 0.5) is 4.39 Å². The Labute approximate surface area is 219 Å². The SMILES string of the molecule is CC[C@H](CC(=O)O)c1cccc(OCc2ccc(-c3cc(OC)ccc3F)c(C3CCCCCC3)c2)c1. The quantitative estimate of drug-likeness (QED) is 0.281. The highest BCUT2D eigenvalue weighted by molar-refractivity contribution is 5.71. The molecule has 0 bridgehead atoms. The maximum atomic E-state index is 15.0. The molecule has 1 atom stereocenters. The predicted molar refractivity (Wildman–Crippen MR) is 145 cm³/mol. The Bertz CT molecular complexity index is 1200. The summed E-state index contributed by atoms with van der Waals surface area (Å²) in [6.45, 7) is 2.39. The predicted octanol–water partition coefficient (Wildman–Crippen LogP) is 8.49. The smallest absolute Gasteiger partial charge is 0.303 e. The third-order valence-electron chi connectivity index (χ3n) is 7.52. The number of benzene rings is 3. The molecule has 5 heteroatoms. The molecule has 0 saturated heterocycles. The van der Waals surface area contributed by atoms with Gasteiger partial charge in [-0.2, -0.15) is 0 Å². The van der Waals surface area contributed by atoms with E-state index in [0.717, 1.165) is 41.7 Å². The molecule has 1 fully saturated rings. The molecule has 196 valence electrons. The molecule has 0 heterocycles. The van der Waals surface area contributed by atoms with Crippen molar-refractivity contribution < 1.29 is 23.8 Å². The number of ether oxygens (including phenoxy) is 2. The van der Waals surface area contributed by atoms with E-state index in [4.69, 9.17) is 9.47 Å². The van der Waals surface area contributed by atoms with Crippen molar-refractivity contribution in [3.63, 3.8) is 0 Å². The lowest BCUT2D eigenvalue weighted by atomic mass is 9.85. The van der Waals surface area contributed by atoms with Crippen molar-refractivity contribution in [1.82, 2.24) is 0 Å². The second-order valence-corrected chi connectivity index (χ2v) is 10.0. The van der Waals surface area contributed by atoms with Crippen LogP contribution in [-0.2, 0) is 11.4 Å². The van der Waals surface area contributed by atoms with Crippen LogP contribution in [0.25, 0.3) is 11.1 Å². The molecule has 1 N–H and O–H groups in total. The molecule has 0 aliphatic heterocycles. The zero-order chi connectivity index (χ0) is 26.2. The van der Waals surface area contributed by atoms with E-state index in [9.17, 15) is 14.3 Å². The molecule has 3 aromatic carbocycles. The zero-order valence-electron chi connectivity index (χ0n) is 21.8. The zero-order valence-corrected chi connectivity index (χ0v) is 21.8. The summed E-state index contributed by atoms with van der Waals surface area (Å²) in [5.74, 6) is 0.664. The van der Waals surface area contributed by atoms with Crippen molar-refractivity contribution in [3.8, 4) is 22.6 Å². The molecule has 1 saturated carbocycles. The molecule has 3 aromatic rings. The van der Waals surface area contributed by atoms with E-state index in [1.165, 1.54) is 37.3 Å². The molecule has 0 amide bonds. The fraction of sp³-hybridized carbons (Fsp3) is 0.406. The fourth-order valence-electron chi connectivity index (χ4n) is 5.45. The van der Waals surface area contributed by atoms with Gasteiger partial charge in [0.2, 0.25) is 0 Å². The number of methoxy groups -OCH3 is 1. The Balaban J connectivity index is 1.61. The lowest BCUT2D eigenvalue weighted by Gasteiger charge is -2.21. The number of carboxylic acids is 1. The van der Waals surface area contributed by atoms with Crippen molar-refractivity contribution in [2.45, 2.75) is 76.7 Å². The van der Waals surface area contributed by atoms with Gasteiger partial charge in [0.1, 0.15) is 23.9 Å². The van der Waals surface area contributed by atoms with E-state index in [-0.39, 0.29) is 18.2 Å². The maximum Gasteiger partial charge on any atom is 0.303 e. The highest BCUT2D eigenvalue weighted by Gasteiger charge is 2.21. The molecule has 0 radical (unpaired) electrons. The topological polar surface area (TPSA) is 55.8 Å². The largest absolute Gasteiger partial charge is 0.497 e. The van der Waals surface area contributed by atoms with Gasteiger partial charge in [0.15, 0.2) is 0 Å². The van der Waals surface area contributed by atoms with Gasteiger partial charge >= 0.3 is 5.97 Å². The first-order valence-corrected chi connectivity index (χ1v) is 13.4. The van der Waals surface area contributed by atoms with Gasteiger partial charge in [-0.1, -0.05) is 62.9 Å². The number of hydrogen-bond donors (Lipinski definition) is 1. The molecule has 37 heavy (non-hydrogen) atoms. The first kappa shape index (κ1) is 26.7. The van der Waals surface area contributed by atoms with Gasteiger partial charge in [-0.3, -0.25) is 4.79 Å². The number of halogens is 1. The van der Waals surface area contributed by atoms with E-state index in [1.54, 1.807) is 19.2 Å². The highest BCUT2D eigenvalue weighted by Crippen LogP contribution is 2.40. The number of hydrogen-bond acceptors (Lipinski definition) is 3. The maximum absolute atomic E-state index is 15.0. The second kappa shape index (κ2) is 12.8. The second-order valence-electron chi connectivity index (χ2n) is 10.0. The highest BCUT2D eigenvalue weighted by atomic mass is 19.1. The van der Waals surface area contributed by atoms with E-state index in [1.807, 2.05) is 43.3 Å². The van der Waals surface area contributed by atoms with Crippen molar-refractivity contribution in [1.29, 1.82) is 0 Å². The lowest BCUT2D eigenvalue weighted by Crippen LogP contribution is -2.06. The van der Waals surface area contributed by atoms with Crippen molar-refractivity contribution in [3.05, 3.63) is 83.2 Å². The van der Waals surface area contributed by atoms with Crippen LogP contribution >= 0.6 is 0 Å². The van der Waals surface area contributed by atoms with Gasteiger partial charge in [0.05, 0.1) is 13.5 Å². The molecule has 0 spiro atoms. The average Bonchev–Trinajstić information content (AvgIpc) is 3.20. The molecular formula is C32H37FO4. The Morgan fingerprint density at radius 3 is 2.46 bits per heavy atom. The molecule has 0 unspecified atom stereocenters. The third-order valence-corrected chi connectivity index (χ3v) is 7.52. The monoisotopic (exact) mass is 504 g/mol. The Hall–Kier alpha value is -3.34. The molecule has 1 aliphatic rings. The van der Waals surface area contributed by atoms with E-state index >= 15 is 0 Å². The van der Waals surface area contributed by atoms with Crippen molar-refractivity contribution in [2.24, 2.45) is 0 Å². The fourth-order valence-corrected chi connectivity index (χ4v) is 5.45. The van der Waals surface area contributed by atoms with Crippen LogP contribution in [0.3, 0.4) is 0 Å². The van der Waals surface area contributed by atoms with Crippen LogP contribution < -0.4 is 9.47 Å². The number of aliphatic carboxylic acids is 1. The Morgan fingerprint density at radius 2 is 1.76 bits per heavy atom. The van der Waals surface area contributed by atoms with Crippen LogP contribution in [0.15, 0.2) is 60.7 Å². The number of rotatable bonds is 10. The van der Waals surface area contributed by atoms with Crippen molar-refractivity contribution in [2.75, 3.05) is 7.11 Å². The first-order valence-electron chi connectivity index (χ1n) is 13.4. The summed E-state index contributed by atoms with van der Waals surface area (Å²) in [4.78, 5) is 11.2. The van der Waals surface area contributed by atoms with Crippen LogP contribution in [0.2, 0.25) is 0 Å². The first-order chi connectivity index (χ1) is 18.0. The van der Waals surface area contributed by atoms with Crippen LogP contribution in [0.1, 0.15) is 86.8 Å². The summed E-state index contributed by atoms with van der Waals surface area (Å²) in [6.07, 6.45) is 7.94. The molecule has 1 aliphatic carbocycles. The molecular weight excluding hydrogens is 467 g/mol. The van der Waals surface area contributed by atoms with Gasteiger partial charge in [0, 0.05) is 5.56 Å². The summed E-state index contributed by atoms with van der Waals surface area (Å²) < 4.78 is 26.5. The third kappa shape index (κ3) is 6.91. The molecule has 4 rings (SSSR count). The number of carbonyl (C=O) groups is 1. The van der Waals surface area contributed by atoms with E-state index in [2.05, 4.69) is 6.07 Å². The summed E-state index contributed by atoms with van der Waals surface area (Å²) >= 11 is 0. The van der Waals surface area contributed by atoms with Gasteiger partial charge < -0.3 is 14.6 Å². The Morgan fingerprint density at radius 1 is 0.973 bits per heavy atom. The minimum Gasteiger partial charge on any atom is -0.497 e. The van der Waals surface area contributed by atoms with Gasteiger partial charge in [-0.05, 0) is 83.7 Å². The average molecular weight is 505 g/mol. The van der Waals surface area contributed by atoms with Crippen LogP contribution in [0.5, 0.6) is 11.5 Å². The Kier molecular flexibility index (Phi) is 9.21. The van der Waals surface area contributed by atoms with Crippen LogP contribution in [-0.4, -0.2) is 18.2 Å². The van der Waals surface area contributed by atoms with Gasteiger partial charge in [-0.15, -0.1) is 0 Å². The lowest BCUT2D eigenvalue weighted by molar-refractivity contribution is -0.137. The molecule has 4 nitrogen and oxygen atoms in total. The van der Waals surface area contributed by atoms with Gasteiger partial charge in [-0.25, -0.2) is 4.39 Å². The number of carboxylic acid groups (broad SMARTS) is 1. The summed E-state index contributed by atoms with van der Waals surface area (Å²) in [7, 11) is 1.60. The van der Waals surface area contributed by atoms with E-state index in [0.29, 0.717) is 23.8 Å². The minimum atomic E-state index is -0.795. The summed E-state index contributed by atoms with van der Waals surface area (Å²) in [6, 6.07) is 18.9. The van der Waals surface area contributed by atoms with Gasteiger partial charge in [0.25, 0.3) is 0 Å². The van der Waals surface area contributed by atoms with Crippen molar-refractivity contribution >= 4 is 5.97 Å². The minimum absolute atomic E-state index is 0.0417. The summed E-state index contributed by atoms with van der Waals surface area (Å²) in [5, 5.41) is 9.24.